The summed E-state index contributed by atoms with van der Waals surface area (Å²) < 4.78 is 49.6. The maximum Gasteiger partial charge on any atom is 0.416 e. The lowest BCUT2D eigenvalue weighted by Crippen LogP contribution is -2.27. The van der Waals surface area contributed by atoms with Crippen molar-refractivity contribution in [2.24, 2.45) is 0 Å². The summed E-state index contributed by atoms with van der Waals surface area (Å²) in [7, 11) is 1.55. The molecule has 4 rings (SSSR count). The summed E-state index contributed by atoms with van der Waals surface area (Å²) in [4.78, 5) is 27.0. The zero-order valence-corrected chi connectivity index (χ0v) is 20.9. The summed E-state index contributed by atoms with van der Waals surface area (Å²) in [5, 5.41) is 2.38. The summed E-state index contributed by atoms with van der Waals surface area (Å²) in [5.74, 6) is 0.112. The molecule has 1 saturated heterocycles. The molecule has 3 aromatic rings. The van der Waals surface area contributed by atoms with E-state index >= 15 is 0 Å². The van der Waals surface area contributed by atoms with E-state index in [9.17, 15) is 22.8 Å². The first kappa shape index (κ1) is 26.2. The molecule has 3 aromatic carbocycles. The summed E-state index contributed by atoms with van der Waals surface area (Å²) in [6, 6.07) is 18.0. The number of benzene rings is 3. The molecule has 1 aliphatic rings. The minimum Gasteiger partial charge on any atom is -0.497 e. The Kier molecular flexibility index (Phi) is 7.84. The van der Waals surface area contributed by atoms with Crippen LogP contribution in [0.25, 0.3) is 6.08 Å². The second-order valence-electron chi connectivity index (χ2n) is 7.70. The normalized spacial score (nSPS) is 14.7. The fourth-order valence-corrected chi connectivity index (χ4v) is 4.69. The molecule has 1 fully saturated rings. The molecule has 0 bridgehead atoms. The van der Waals surface area contributed by atoms with Crippen LogP contribution in [0.3, 0.4) is 0 Å². The van der Waals surface area contributed by atoms with E-state index in [0.717, 1.165) is 23.9 Å². The van der Waals surface area contributed by atoms with E-state index in [2.05, 4.69) is 5.32 Å². The lowest BCUT2D eigenvalue weighted by Gasteiger charge is -2.14. The predicted molar refractivity (Wildman–Crippen MR) is 141 cm³/mol. The molecule has 0 aromatic heterocycles. The molecular formula is C26H19F3N2O4S2. The third kappa shape index (κ3) is 6.49. The van der Waals surface area contributed by atoms with Gasteiger partial charge >= 0.3 is 6.18 Å². The molecule has 0 radical (unpaired) electrons. The van der Waals surface area contributed by atoms with Crippen molar-refractivity contribution in [3.05, 3.63) is 88.8 Å². The fraction of sp³-hybridized carbons (Fsp3) is 0.115. The Morgan fingerprint density at radius 3 is 2.49 bits per heavy atom. The van der Waals surface area contributed by atoms with Gasteiger partial charge in [0, 0.05) is 5.69 Å². The second-order valence-corrected chi connectivity index (χ2v) is 9.38. The number of hydrogen-bond acceptors (Lipinski definition) is 6. The molecule has 0 spiro atoms. The lowest BCUT2D eigenvalue weighted by atomic mass is 10.2. The van der Waals surface area contributed by atoms with Crippen molar-refractivity contribution in [3.8, 4) is 11.5 Å². The first-order valence-electron chi connectivity index (χ1n) is 10.8. The standard InChI is InChI=1S/C26H19F3N2O4S2/c1-34-20-10-8-19(9-11-20)31-24(33)22(37-25(31)36)13-16-4-2-7-21(12-16)35-15-23(32)30-18-6-3-5-17(14-18)26(27,28)29/h2-14H,15H2,1H3,(H,30,32)/b22-13-. The second kappa shape index (κ2) is 11.1. The number of carbonyl (C=O) groups excluding carboxylic acids is 2. The molecule has 6 nitrogen and oxygen atoms in total. The lowest BCUT2D eigenvalue weighted by molar-refractivity contribution is -0.137. The van der Waals surface area contributed by atoms with E-state index in [1.54, 1.807) is 61.7 Å². The van der Waals surface area contributed by atoms with Crippen LogP contribution in [-0.2, 0) is 15.8 Å². The van der Waals surface area contributed by atoms with Crippen LogP contribution in [0.2, 0.25) is 0 Å². The van der Waals surface area contributed by atoms with Crippen LogP contribution in [0.4, 0.5) is 24.5 Å². The number of methoxy groups -OCH3 is 1. The molecule has 37 heavy (non-hydrogen) atoms. The number of rotatable bonds is 7. The van der Waals surface area contributed by atoms with Crippen LogP contribution >= 0.6 is 24.0 Å². The van der Waals surface area contributed by atoms with Crippen LogP contribution in [0.15, 0.2) is 77.7 Å². The number of amides is 2. The molecular weight excluding hydrogens is 525 g/mol. The van der Waals surface area contributed by atoms with Gasteiger partial charge in [-0.1, -0.05) is 42.2 Å². The number of hydrogen-bond donors (Lipinski definition) is 1. The Balaban J connectivity index is 1.40. The number of halogens is 3. The summed E-state index contributed by atoms with van der Waals surface area (Å²) in [6.45, 7) is -0.417. The highest BCUT2D eigenvalue weighted by atomic mass is 32.2. The highest BCUT2D eigenvalue weighted by Gasteiger charge is 2.33. The zero-order chi connectivity index (χ0) is 26.6. The van der Waals surface area contributed by atoms with Crippen molar-refractivity contribution >= 4 is 57.6 Å². The van der Waals surface area contributed by atoms with Gasteiger partial charge in [0.15, 0.2) is 10.9 Å². The van der Waals surface area contributed by atoms with Crippen molar-refractivity contribution in [3.63, 3.8) is 0 Å². The van der Waals surface area contributed by atoms with E-state index in [1.165, 1.54) is 17.0 Å². The molecule has 1 heterocycles. The molecule has 1 aliphatic heterocycles. The minimum absolute atomic E-state index is 0.0102. The molecule has 0 unspecified atom stereocenters. The summed E-state index contributed by atoms with van der Waals surface area (Å²) in [5.41, 5.74) is 0.411. The monoisotopic (exact) mass is 544 g/mol. The Hall–Kier alpha value is -3.83. The molecule has 2 amide bonds. The van der Waals surface area contributed by atoms with Gasteiger partial charge in [-0.2, -0.15) is 13.2 Å². The molecule has 0 aliphatic carbocycles. The smallest absolute Gasteiger partial charge is 0.416 e. The number of nitrogens with one attached hydrogen (secondary N) is 1. The molecule has 0 saturated carbocycles. The van der Waals surface area contributed by atoms with Crippen molar-refractivity contribution in [1.82, 2.24) is 0 Å². The first-order chi connectivity index (χ1) is 17.6. The number of thioether (sulfide) groups is 1. The van der Waals surface area contributed by atoms with Gasteiger partial charge in [-0.15, -0.1) is 0 Å². The van der Waals surface area contributed by atoms with Gasteiger partial charge in [0.1, 0.15) is 11.5 Å². The highest BCUT2D eigenvalue weighted by Crippen LogP contribution is 2.37. The van der Waals surface area contributed by atoms with E-state index in [1.807, 2.05) is 0 Å². The summed E-state index contributed by atoms with van der Waals surface area (Å²) >= 11 is 6.56. The summed E-state index contributed by atoms with van der Waals surface area (Å²) in [6.07, 6.45) is -2.85. The topological polar surface area (TPSA) is 67.9 Å². The van der Waals surface area contributed by atoms with Crippen molar-refractivity contribution in [1.29, 1.82) is 0 Å². The Bertz CT molecular complexity index is 1370. The number of ether oxygens (including phenoxy) is 2. The average molecular weight is 545 g/mol. The van der Waals surface area contributed by atoms with Gasteiger partial charge in [-0.3, -0.25) is 14.5 Å². The van der Waals surface area contributed by atoms with Gasteiger partial charge in [-0.05, 0) is 66.2 Å². The average Bonchev–Trinajstić information content (AvgIpc) is 3.15. The number of carbonyl (C=O) groups is 2. The molecule has 1 N–H and O–H groups in total. The van der Waals surface area contributed by atoms with Crippen molar-refractivity contribution in [2.45, 2.75) is 6.18 Å². The van der Waals surface area contributed by atoms with E-state index in [-0.39, 0.29) is 11.6 Å². The molecule has 0 atom stereocenters. The van der Waals surface area contributed by atoms with Crippen LogP contribution in [0.5, 0.6) is 11.5 Å². The Morgan fingerprint density at radius 1 is 1.05 bits per heavy atom. The highest BCUT2D eigenvalue weighted by molar-refractivity contribution is 8.27. The largest absolute Gasteiger partial charge is 0.497 e. The molecule has 11 heteroatoms. The van der Waals surface area contributed by atoms with Crippen LogP contribution < -0.4 is 19.7 Å². The number of nitrogens with zero attached hydrogens (tertiary/aromatic N) is 1. The van der Waals surface area contributed by atoms with Crippen LogP contribution in [0.1, 0.15) is 11.1 Å². The third-order valence-corrected chi connectivity index (χ3v) is 6.43. The number of thiocarbonyl (C=S) groups is 1. The van der Waals surface area contributed by atoms with E-state index in [4.69, 9.17) is 21.7 Å². The quantitative estimate of drug-likeness (QED) is 0.285. The maximum absolute atomic E-state index is 13.0. The molecule has 190 valence electrons. The zero-order valence-electron chi connectivity index (χ0n) is 19.2. The van der Waals surface area contributed by atoms with Gasteiger partial charge in [0.05, 0.1) is 23.3 Å². The Labute approximate surface area is 220 Å². The van der Waals surface area contributed by atoms with Gasteiger partial charge in [0.25, 0.3) is 11.8 Å². The van der Waals surface area contributed by atoms with E-state index in [0.29, 0.717) is 32.0 Å². The van der Waals surface area contributed by atoms with Gasteiger partial charge in [0.2, 0.25) is 0 Å². The maximum atomic E-state index is 13.0. The fourth-order valence-electron chi connectivity index (χ4n) is 3.39. The first-order valence-corrected chi connectivity index (χ1v) is 12.0. The van der Waals surface area contributed by atoms with Crippen molar-refractivity contribution in [2.75, 3.05) is 23.9 Å². The van der Waals surface area contributed by atoms with Crippen molar-refractivity contribution < 1.29 is 32.2 Å². The van der Waals surface area contributed by atoms with Gasteiger partial charge < -0.3 is 14.8 Å². The van der Waals surface area contributed by atoms with Crippen LogP contribution in [-0.4, -0.2) is 29.9 Å². The number of anilines is 2. The van der Waals surface area contributed by atoms with Crippen LogP contribution in [0, 0.1) is 0 Å². The third-order valence-electron chi connectivity index (χ3n) is 5.12. The minimum atomic E-state index is -4.51. The SMILES string of the molecule is COc1ccc(N2C(=O)/C(=C/c3cccc(OCC(=O)Nc4cccc(C(F)(F)F)c4)c3)SC2=S)cc1. The van der Waals surface area contributed by atoms with Gasteiger partial charge in [-0.25, -0.2) is 0 Å². The van der Waals surface area contributed by atoms with E-state index < -0.39 is 24.3 Å². The number of alkyl halides is 3. The predicted octanol–water partition coefficient (Wildman–Crippen LogP) is 6.14. The Morgan fingerprint density at radius 2 is 1.78 bits per heavy atom.